The molecule has 1 atom stereocenters. The van der Waals surface area contributed by atoms with E-state index in [-0.39, 0.29) is 13.2 Å². The second-order valence-corrected chi connectivity index (χ2v) is 4.87. The number of hydrogen-bond donors (Lipinski definition) is 0. The molecule has 0 N–H and O–H groups in total. The molecule has 1 heterocycles. The highest BCUT2D eigenvalue weighted by molar-refractivity contribution is 9.10. The fourth-order valence-corrected chi connectivity index (χ4v) is 1.93. The minimum Gasteiger partial charge on any atom is -0.462 e. The molecule has 1 aliphatic heterocycles. The van der Waals surface area contributed by atoms with Gasteiger partial charge in [0.15, 0.2) is 6.10 Å². The van der Waals surface area contributed by atoms with Crippen LogP contribution < -0.4 is 4.90 Å². The van der Waals surface area contributed by atoms with Crippen molar-refractivity contribution in [3.63, 3.8) is 0 Å². The molecule has 0 aliphatic carbocycles. The van der Waals surface area contributed by atoms with Crippen LogP contribution in [0.15, 0.2) is 22.7 Å². The van der Waals surface area contributed by atoms with Gasteiger partial charge < -0.3 is 9.47 Å². The number of ether oxygens (including phenoxy) is 2. The van der Waals surface area contributed by atoms with Gasteiger partial charge in [-0.05, 0) is 34.1 Å². The van der Waals surface area contributed by atoms with Crippen LogP contribution in [0.2, 0.25) is 0 Å². The SMILES string of the molecule is CC(=O)OC[C@H]1CN(c2ccc(Br)c(F)c2)C(=O)O1. The second kappa shape index (κ2) is 5.56. The summed E-state index contributed by atoms with van der Waals surface area (Å²) < 4.78 is 23.5. The average molecular weight is 332 g/mol. The molecule has 0 bridgehead atoms. The number of anilines is 1. The molecule has 1 saturated heterocycles. The smallest absolute Gasteiger partial charge is 0.414 e. The number of esters is 1. The third-order valence-corrected chi connectivity index (χ3v) is 3.20. The Bertz CT molecular complexity index is 522. The monoisotopic (exact) mass is 331 g/mol. The van der Waals surface area contributed by atoms with Crippen LogP contribution in [0.3, 0.4) is 0 Å². The second-order valence-electron chi connectivity index (χ2n) is 4.02. The van der Waals surface area contributed by atoms with Crippen LogP contribution in [-0.4, -0.2) is 31.3 Å². The van der Waals surface area contributed by atoms with E-state index < -0.39 is 24.0 Å². The molecule has 102 valence electrons. The Kier molecular flexibility index (Phi) is 4.04. The molecule has 1 amide bonds. The lowest BCUT2D eigenvalue weighted by molar-refractivity contribution is -0.143. The normalized spacial score (nSPS) is 18.4. The average Bonchev–Trinajstić information content (AvgIpc) is 2.72. The maximum atomic E-state index is 13.4. The Morgan fingerprint density at radius 1 is 1.63 bits per heavy atom. The third kappa shape index (κ3) is 3.23. The van der Waals surface area contributed by atoms with Crippen LogP contribution in [-0.2, 0) is 14.3 Å². The third-order valence-electron chi connectivity index (χ3n) is 2.56. The number of benzene rings is 1. The van der Waals surface area contributed by atoms with Crippen LogP contribution >= 0.6 is 15.9 Å². The lowest BCUT2D eigenvalue weighted by Gasteiger charge is -2.13. The van der Waals surface area contributed by atoms with E-state index in [2.05, 4.69) is 15.9 Å². The van der Waals surface area contributed by atoms with Gasteiger partial charge in [0.1, 0.15) is 12.4 Å². The van der Waals surface area contributed by atoms with Crippen LogP contribution in [0.25, 0.3) is 0 Å². The van der Waals surface area contributed by atoms with Gasteiger partial charge in [-0.25, -0.2) is 9.18 Å². The molecule has 0 unspecified atom stereocenters. The molecule has 0 saturated carbocycles. The van der Waals surface area contributed by atoms with Crippen LogP contribution in [0.1, 0.15) is 6.92 Å². The molecule has 7 heteroatoms. The van der Waals surface area contributed by atoms with E-state index in [4.69, 9.17) is 9.47 Å². The Morgan fingerprint density at radius 3 is 3.00 bits per heavy atom. The number of carbonyl (C=O) groups excluding carboxylic acids is 2. The number of amides is 1. The fraction of sp³-hybridized carbons (Fsp3) is 0.333. The van der Waals surface area contributed by atoms with Crippen LogP contribution in [0, 0.1) is 5.82 Å². The van der Waals surface area contributed by atoms with Crippen molar-refractivity contribution >= 4 is 33.7 Å². The fourth-order valence-electron chi connectivity index (χ4n) is 1.68. The van der Waals surface area contributed by atoms with Gasteiger partial charge in [-0.1, -0.05) is 0 Å². The van der Waals surface area contributed by atoms with Crippen molar-refractivity contribution < 1.29 is 23.5 Å². The summed E-state index contributed by atoms with van der Waals surface area (Å²) in [5.41, 5.74) is 0.399. The quantitative estimate of drug-likeness (QED) is 0.798. The predicted octanol–water partition coefficient (Wildman–Crippen LogP) is 2.48. The van der Waals surface area contributed by atoms with Gasteiger partial charge >= 0.3 is 12.1 Å². The highest BCUT2D eigenvalue weighted by Crippen LogP contribution is 2.26. The highest BCUT2D eigenvalue weighted by Gasteiger charge is 2.33. The molecule has 19 heavy (non-hydrogen) atoms. The van der Waals surface area contributed by atoms with Gasteiger partial charge in [0.25, 0.3) is 0 Å². The predicted molar refractivity (Wildman–Crippen MR) is 68.3 cm³/mol. The van der Waals surface area contributed by atoms with Crippen molar-refractivity contribution in [2.45, 2.75) is 13.0 Å². The van der Waals surface area contributed by atoms with Crippen molar-refractivity contribution in [2.75, 3.05) is 18.1 Å². The van der Waals surface area contributed by atoms with E-state index in [1.165, 1.54) is 24.0 Å². The van der Waals surface area contributed by atoms with Gasteiger partial charge in [-0.3, -0.25) is 9.69 Å². The first-order valence-corrected chi connectivity index (χ1v) is 6.33. The Balaban J connectivity index is 2.07. The molecule has 1 aromatic carbocycles. The van der Waals surface area contributed by atoms with Crippen molar-refractivity contribution in [1.82, 2.24) is 0 Å². The van der Waals surface area contributed by atoms with Crippen molar-refractivity contribution in [3.05, 3.63) is 28.5 Å². The Morgan fingerprint density at radius 2 is 2.37 bits per heavy atom. The first kappa shape index (κ1) is 13.8. The van der Waals surface area contributed by atoms with Gasteiger partial charge in [-0.15, -0.1) is 0 Å². The first-order chi connectivity index (χ1) is 8.97. The van der Waals surface area contributed by atoms with Gasteiger partial charge in [0.2, 0.25) is 0 Å². The molecule has 2 rings (SSSR count). The summed E-state index contributed by atoms with van der Waals surface area (Å²) in [5, 5.41) is 0. The minimum absolute atomic E-state index is 0.00339. The molecule has 0 radical (unpaired) electrons. The van der Waals surface area contributed by atoms with E-state index in [1.807, 2.05) is 0 Å². The maximum Gasteiger partial charge on any atom is 0.414 e. The molecular weight excluding hydrogens is 321 g/mol. The van der Waals surface area contributed by atoms with Crippen molar-refractivity contribution in [3.8, 4) is 0 Å². The number of halogens is 2. The summed E-state index contributed by atoms with van der Waals surface area (Å²) in [6, 6.07) is 4.35. The summed E-state index contributed by atoms with van der Waals surface area (Å²) in [6.45, 7) is 1.49. The van der Waals surface area contributed by atoms with E-state index >= 15 is 0 Å². The summed E-state index contributed by atoms with van der Waals surface area (Å²) >= 11 is 3.04. The van der Waals surface area contributed by atoms with Gasteiger partial charge in [0.05, 0.1) is 16.7 Å². The highest BCUT2D eigenvalue weighted by atomic mass is 79.9. The topological polar surface area (TPSA) is 55.8 Å². The number of cyclic esters (lactones) is 1. The van der Waals surface area contributed by atoms with E-state index in [9.17, 15) is 14.0 Å². The number of nitrogens with zero attached hydrogens (tertiary/aromatic N) is 1. The maximum absolute atomic E-state index is 13.4. The van der Waals surface area contributed by atoms with Crippen molar-refractivity contribution in [1.29, 1.82) is 0 Å². The van der Waals surface area contributed by atoms with E-state index in [0.29, 0.717) is 10.2 Å². The minimum atomic E-state index is -0.584. The summed E-state index contributed by atoms with van der Waals surface area (Å²) in [6.07, 6.45) is -1.12. The van der Waals surface area contributed by atoms with Crippen molar-refractivity contribution in [2.24, 2.45) is 0 Å². The zero-order chi connectivity index (χ0) is 14.0. The zero-order valence-electron chi connectivity index (χ0n) is 10.1. The van der Waals surface area contributed by atoms with E-state index in [1.54, 1.807) is 6.07 Å². The lowest BCUT2D eigenvalue weighted by Crippen LogP contribution is -2.26. The molecule has 1 aromatic rings. The van der Waals surface area contributed by atoms with Gasteiger partial charge in [-0.2, -0.15) is 0 Å². The number of carbonyl (C=O) groups is 2. The molecular formula is C12H11BrFNO4. The van der Waals surface area contributed by atoms with Crippen LogP contribution in [0.5, 0.6) is 0 Å². The summed E-state index contributed by atoms with van der Waals surface area (Å²) in [5.74, 6) is -0.905. The molecule has 0 spiro atoms. The molecule has 1 aliphatic rings. The lowest BCUT2D eigenvalue weighted by atomic mass is 10.2. The first-order valence-electron chi connectivity index (χ1n) is 5.54. The van der Waals surface area contributed by atoms with Crippen LogP contribution in [0.4, 0.5) is 14.9 Å². The summed E-state index contributed by atoms with van der Waals surface area (Å²) in [7, 11) is 0. The molecule has 5 nitrogen and oxygen atoms in total. The standard InChI is InChI=1S/C12H11BrFNO4/c1-7(16)18-6-9-5-15(12(17)19-9)8-2-3-10(13)11(14)4-8/h2-4,9H,5-6H2,1H3/t9-/m1/s1. The largest absolute Gasteiger partial charge is 0.462 e. The Labute approximate surface area is 117 Å². The Hall–Kier alpha value is -1.63. The molecule has 0 aromatic heterocycles. The molecule has 1 fully saturated rings. The number of rotatable bonds is 3. The summed E-state index contributed by atoms with van der Waals surface area (Å²) in [4.78, 5) is 23.6. The van der Waals surface area contributed by atoms with E-state index in [0.717, 1.165) is 0 Å². The van der Waals surface area contributed by atoms with Gasteiger partial charge in [0, 0.05) is 6.92 Å². The number of hydrogen-bond acceptors (Lipinski definition) is 4. The zero-order valence-corrected chi connectivity index (χ0v) is 11.6.